The molecule has 0 spiro atoms. The van der Waals surface area contributed by atoms with Gasteiger partial charge in [0.05, 0.1) is 22.8 Å². The summed E-state index contributed by atoms with van der Waals surface area (Å²) in [7, 11) is 0. The molecule has 5 nitrogen and oxygen atoms in total. The first-order chi connectivity index (χ1) is 9.04. The van der Waals surface area contributed by atoms with Crippen LogP contribution in [0.25, 0.3) is 0 Å². The van der Waals surface area contributed by atoms with Crippen molar-refractivity contribution in [2.75, 3.05) is 5.73 Å². The van der Waals surface area contributed by atoms with Crippen LogP contribution in [0.1, 0.15) is 46.0 Å². The predicted molar refractivity (Wildman–Crippen MR) is 76.4 cm³/mol. The van der Waals surface area contributed by atoms with Crippen molar-refractivity contribution in [2.45, 2.75) is 52.1 Å². The van der Waals surface area contributed by atoms with Crippen molar-refractivity contribution in [3.63, 3.8) is 0 Å². The number of nitrogens with two attached hydrogens (primary N) is 1. The minimum absolute atomic E-state index is 0.00221. The minimum atomic E-state index is -0.446. The lowest BCUT2D eigenvalue weighted by atomic mass is 10.1. The van der Waals surface area contributed by atoms with E-state index in [1.165, 1.54) is 37.5 Å². The number of benzene rings is 1. The van der Waals surface area contributed by atoms with Crippen LogP contribution >= 0.6 is 0 Å². The van der Waals surface area contributed by atoms with Gasteiger partial charge in [0.25, 0.3) is 5.69 Å². The number of ether oxygens (including phenoxy) is 1. The average Bonchev–Trinajstić information content (AvgIpc) is 2.37. The van der Waals surface area contributed by atoms with Crippen molar-refractivity contribution in [2.24, 2.45) is 0 Å². The summed E-state index contributed by atoms with van der Waals surface area (Å²) in [6.07, 6.45) is 5.67. The Labute approximate surface area is 113 Å². The van der Waals surface area contributed by atoms with Crippen LogP contribution in [0.5, 0.6) is 5.75 Å². The van der Waals surface area contributed by atoms with Crippen molar-refractivity contribution >= 4 is 11.4 Å². The fourth-order valence-electron chi connectivity index (χ4n) is 1.87. The third kappa shape index (κ3) is 5.16. The van der Waals surface area contributed by atoms with E-state index in [0.717, 1.165) is 12.8 Å². The van der Waals surface area contributed by atoms with Crippen LogP contribution < -0.4 is 10.5 Å². The van der Waals surface area contributed by atoms with Crippen LogP contribution in [0.15, 0.2) is 18.2 Å². The normalized spacial score (nSPS) is 12.1. The van der Waals surface area contributed by atoms with Gasteiger partial charge in [-0.1, -0.05) is 26.2 Å². The molecule has 0 aliphatic carbocycles. The second kappa shape index (κ2) is 7.61. The first-order valence-corrected chi connectivity index (χ1v) is 6.75. The van der Waals surface area contributed by atoms with E-state index >= 15 is 0 Å². The predicted octanol–water partition coefficient (Wildman–Crippen LogP) is 3.91. The Kier molecular flexibility index (Phi) is 6.12. The molecule has 0 radical (unpaired) electrons. The molecular formula is C14H22N2O3. The lowest BCUT2D eigenvalue weighted by molar-refractivity contribution is -0.384. The zero-order valence-electron chi connectivity index (χ0n) is 11.6. The van der Waals surface area contributed by atoms with Crippen LogP contribution in [-0.2, 0) is 0 Å². The third-order valence-corrected chi connectivity index (χ3v) is 3.00. The molecule has 1 aromatic carbocycles. The lowest BCUT2D eigenvalue weighted by Crippen LogP contribution is -2.12. The molecule has 0 heterocycles. The Morgan fingerprint density at radius 3 is 2.74 bits per heavy atom. The van der Waals surface area contributed by atoms with Gasteiger partial charge in [-0.2, -0.15) is 0 Å². The number of non-ortho nitro benzene ring substituents is 1. The highest BCUT2D eigenvalue weighted by atomic mass is 16.6. The molecule has 2 N–H and O–H groups in total. The molecule has 1 atom stereocenters. The largest absolute Gasteiger partial charge is 0.488 e. The fourth-order valence-corrected chi connectivity index (χ4v) is 1.87. The van der Waals surface area contributed by atoms with Crippen LogP contribution in [0.3, 0.4) is 0 Å². The summed E-state index contributed by atoms with van der Waals surface area (Å²) in [4.78, 5) is 10.3. The smallest absolute Gasteiger partial charge is 0.273 e. The topological polar surface area (TPSA) is 78.4 Å². The number of nitro benzene ring substituents is 1. The van der Waals surface area contributed by atoms with E-state index in [4.69, 9.17) is 10.5 Å². The maximum atomic E-state index is 10.7. The second-order valence-electron chi connectivity index (χ2n) is 4.76. The Hall–Kier alpha value is -1.78. The van der Waals surface area contributed by atoms with E-state index in [2.05, 4.69) is 6.92 Å². The summed E-state index contributed by atoms with van der Waals surface area (Å²) in [6, 6.07) is 4.28. The van der Waals surface area contributed by atoms with E-state index < -0.39 is 4.92 Å². The van der Waals surface area contributed by atoms with Gasteiger partial charge in [-0.3, -0.25) is 10.1 Å². The van der Waals surface area contributed by atoms with Gasteiger partial charge in [-0.05, 0) is 25.8 Å². The zero-order chi connectivity index (χ0) is 14.3. The highest BCUT2D eigenvalue weighted by Gasteiger charge is 2.12. The number of anilines is 1. The summed E-state index contributed by atoms with van der Waals surface area (Å²) in [5, 5.41) is 10.7. The van der Waals surface area contributed by atoms with Gasteiger partial charge in [0.15, 0.2) is 0 Å². The van der Waals surface area contributed by atoms with Crippen molar-refractivity contribution in [3.8, 4) is 5.75 Å². The summed E-state index contributed by atoms with van der Waals surface area (Å²) < 4.78 is 5.69. The standard InChI is InChI=1S/C14H22N2O3/c1-3-4-5-6-7-11(2)19-14-10-12(16(17)18)8-9-13(14)15/h8-11H,3-7,15H2,1-2H3. The van der Waals surface area contributed by atoms with E-state index in [0.29, 0.717) is 11.4 Å². The van der Waals surface area contributed by atoms with Gasteiger partial charge in [-0.15, -0.1) is 0 Å². The van der Waals surface area contributed by atoms with E-state index in [1.54, 1.807) is 0 Å². The van der Waals surface area contributed by atoms with E-state index in [1.807, 2.05) is 6.92 Å². The van der Waals surface area contributed by atoms with E-state index in [-0.39, 0.29) is 11.8 Å². The van der Waals surface area contributed by atoms with Crippen LogP contribution in [0, 0.1) is 10.1 Å². The molecule has 0 bridgehead atoms. The molecule has 1 rings (SSSR count). The molecule has 19 heavy (non-hydrogen) atoms. The Morgan fingerprint density at radius 2 is 2.11 bits per heavy atom. The Balaban J connectivity index is 2.55. The third-order valence-electron chi connectivity index (χ3n) is 3.00. The van der Waals surface area contributed by atoms with Crippen molar-refractivity contribution in [1.29, 1.82) is 0 Å². The number of nitrogen functional groups attached to an aromatic ring is 1. The van der Waals surface area contributed by atoms with Gasteiger partial charge < -0.3 is 10.5 Å². The van der Waals surface area contributed by atoms with Crippen LogP contribution in [0.4, 0.5) is 11.4 Å². The van der Waals surface area contributed by atoms with Crippen molar-refractivity contribution < 1.29 is 9.66 Å². The molecule has 106 valence electrons. The average molecular weight is 266 g/mol. The lowest BCUT2D eigenvalue weighted by Gasteiger charge is -2.15. The zero-order valence-corrected chi connectivity index (χ0v) is 11.6. The maximum absolute atomic E-state index is 10.7. The Bertz CT molecular complexity index is 421. The van der Waals surface area contributed by atoms with Crippen molar-refractivity contribution in [3.05, 3.63) is 28.3 Å². The van der Waals surface area contributed by atoms with Gasteiger partial charge >= 0.3 is 0 Å². The maximum Gasteiger partial charge on any atom is 0.273 e. The quantitative estimate of drug-likeness (QED) is 0.335. The molecule has 0 aliphatic heterocycles. The molecule has 0 aliphatic rings. The first kappa shape index (κ1) is 15.3. The molecule has 0 aromatic heterocycles. The molecule has 0 fully saturated rings. The Morgan fingerprint density at radius 1 is 1.37 bits per heavy atom. The van der Waals surface area contributed by atoms with Crippen LogP contribution in [-0.4, -0.2) is 11.0 Å². The van der Waals surface area contributed by atoms with E-state index in [9.17, 15) is 10.1 Å². The molecule has 0 saturated heterocycles. The van der Waals surface area contributed by atoms with Gasteiger partial charge in [0.2, 0.25) is 0 Å². The summed E-state index contributed by atoms with van der Waals surface area (Å²) in [6.45, 7) is 4.13. The number of rotatable bonds is 8. The molecule has 0 saturated carbocycles. The van der Waals surface area contributed by atoms with Gasteiger partial charge in [0, 0.05) is 6.07 Å². The number of nitrogens with zero attached hydrogens (tertiary/aromatic N) is 1. The number of hydrogen-bond acceptors (Lipinski definition) is 4. The summed E-state index contributed by atoms with van der Waals surface area (Å²) in [5.74, 6) is 0.400. The van der Waals surface area contributed by atoms with Gasteiger partial charge in [0.1, 0.15) is 5.75 Å². The fraction of sp³-hybridized carbons (Fsp3) is 0.571. The number of unbranched alkanes of at least 4 members (excludes halogenated alkanes) is 3. The second-order valence-corrected chi connectivity index (χ2v) is 4.76. The number of nitro groups is 1. The van der Waals surface area contributed by atoms with Crippen LogP contribution in [0.2, 0.25) is 0 Å². The minimum Gasteiger partial charge on any atom is -0.488 e. The molecule has 1 aromatic rings. The highest BCUT2D eigenvalue weighted by molar-refractivity contribution is 5.57. The SMILES string of the molecule is CCCCCCC(C)Oc1cc([N+](=O)[O-])ccc1N. The molecule has 5 heteroatoms. The summed E-state index contributed by atoms with van der Waals surface area (Å²) in [5.41, 5.74) is 6.20. The molecule has 1 unspecified atom stereocenters. The number of hydrogen-bond donors (Lipinski definition) is 1. The summed E-state index contributed by atoms with van der Waals surface area (Å²) >= 11 is 0. The first-order valence-electron chi connectivity index (χ1n) is 6.75. The van der Waals surface area contributed by atoms with Crippen molar-refractivity contribution in [1.82, 2.24) is 0 Å². The highest BCUT2D eigenvalue weighted by Crippen LogP contribution is 2.28. The molecular weight excluding hydrogens is 244 g/mol. The monoisotopic (exact) mass is 266 g/mol. The molecule has 0 amide bonds. The van der Waals surface area contributed by atoms with Gasteiger partial charge in [-0.25, -0.2) is 0 Å².